The number of hydrogen-bond donors (Lipinski definition) is 1. The Morgan fingerprint density at radius 2 is 1.65 bits per heavy atom. The van der Waals surface area contributed by atoms with Gasteiger partial charge in [-0.3, -0.25) is 4.79 Å². The number of hydrogen-bond acceptors (Lipinski definition) is 6. The average Bonchev–Trinajstić information content (AvgIpc) is 2.91. The van der Waals surface area contributed by atoms with Crippen LogP contribution >= 0.6 is 0 Å². The highest BCUT2D eigenvalue weighted by atomic mass is 32.2. The summed E-state index contributed by atoms with van der Waals surface area (Å²) >= 11 is 0. The zero-order valence-electron chi connectivity index (χ0n) is 14.8. The molecule has 0 aliphatic carbocycles. The van der Waals surface area contributed by atoms with Crippen LogP contribution in [-0.4, -0.2) is 58.0 Å². The van der Waals surface area contributed by atoms with Crippen LogP contribution in [0, 0.1) is 0 Å². The second kappa shape index (κ2) is 9.65. The van der Waals surface area contributed by atoms with Crippen LogP contribution in [0.3, 0.4) is 0 Å². The Morgan fingerprint density at radius 3 is 2.23 bits per heavy atom. The van der Waals surface area contributed by atoms with Crippen molar-refractivity contribution in [3.8, 4) is 0 Å². The van der Waals surface area contributed by atoms with Crippen LogP contribution in [0.1, 0.15) is 25.7 Å². The van der Waals surface area contributed by atoms with Gasteiger partial charge in [0.2, 0.25) is 10.0 Å². The first-order valence-electron chi connectivity index (χ1n) is 8.48. The number of esters is 1. The molecule has 0 bridgehead atoms. The molecule has 1 saturated heterocycles. The van der Waals surface area contributed by atoms with E-state index in [0.29, 0.717) is 18.8 Å². The maximum Gasteiger partial charge on any atom is 0.332 e. The van der Waals surface area contributed by atoms with E-state index in [-0.39, 0.29) is 11.5 Å². The molecule has 8 nitrogen and oxygen atoms in total. The second-order valence-corrected chi connectivity index (χ2v) is 7.92. The zero-order valence-corrected chi connectivity index (χ0v) is 15.6. The smallest absolute Gasteiger partial charge is 0.332 e. The van der Waals surface area contributed by atoms with Crippen LogP contribution in [0.2, 0.25) is 0 Å². The van der Waals surface area contributed by atoms with Gasteiger partial charge in [-0.15, -0.1) is 0 Å². The molecule has 144 valence electrons. The molecule has 1 aromatic carbocycles. The maximum absolute atomic E-state index is 12.7. The van der Waals surface area contributed by atoms with E-state index in [0.717, 1.165) is 25.7 Å². The van der Waals surface area contributed by atoms with Gasteiger partial charge in [-0.25, -0.2) is 13.2 Å². The number of nitrogens with one attached hydrogen (secondary N) is 1. The molecule has 2 rings (SSSR count). The van der Waals surface area contributed by atoms with Crippen molar-refractivity contribution in [2.75, 3.05) is 38.7 Å². The molecule has 9 heteroatoms. The maximum atomic E-state index is 12.7. The Bertz CT molecular complexity index is 709. The third-order valence-electron chi connectivity index (χ3n) is 3.97. The van der Waals surface area contributed by atoms with Crippen LogP contribution in [0.25, 0.3) is 0 Å². The first-order chi connectivity index (χ1) is 12.4. The largest absolute Gasteiger partial charge is 0.454 e. The van der Waals surface area contributed by atoms with Gasteiger partial charge in [0.1, 0.15) is 6.61 Å². The van der Waals surface area contributed by atoms with E-state index in [1.807, 2.05) is 0 Å². The normalized spacial score (nSPS) is 15.9. The lowest BCUT2D eigenvalue weighted by atomic mass is 10.2. The Hall–Kier alpha value is -1.97. The number of anilines is 1. The van der Waals surface area contributed by atoms with Crippen molar-refractivity contribution in [1.29, 1.82) is 0 Å². The number of methoxy groups -OCH3 is 1. The molecule has 1 N–H and O–H groups in total. The van der Waals surface area contributed by atoms with Gasteiger partial charge in [0.05, 0.1) is 4.90 Å². The molecule has 0 unspecified atom stereocenters. The van der Waals surface area contributed by atoms with Crippen molar-refractivity contribution in [1.82, 2.24) is 4.31 Å². The first kappa shape index (κ1) is 20.3. The minimum Gasteiger partial charge on any atom is -0.454 e. The Kier molecular flexibility index (Phi) is 7.55. The molecule has 1 amide bonds. The molecular weight excluding hydrogens is 360 g/mol. The van der Waals surface area contributed by atoms with E-state index in [1.54, 1.807) is 0 Å². The topological polar surface area (TPSA) is 102 Å². The highest BCUT2D eigenvalue weighted by molar-refractivity contribution is 7.89. The first-order valence-corrected chi connectivity index (χ1v) is 9.92. The fourth-order valence-electron chi connectivity index (χ4n) is 2.64. The average molecular weight is 384 g/mol. The molecule has 1 heterocycles. The van der Waals surface area contributed by atoms with Gasteiger partial charge in [0.15, 0.2) is 6.61 Å². The minimum atomic E-state index is -3.52. The number of ether oxygens (including phenoxy) is 2. The van der Waals surface area contributed by atoms with Crippen LogP contribution in [0.15, 0.2) is 29.2 Å². The minimum absolute atomic E-state index is 0.198. The number of amides is 1. The summed E-state index contributed by atoms with van der Waals surface area (Å²) in [5.74, 6) is -1.15. The molecule has 0 aromatic heterocycles. The van der Waals surface area contributed by atoms with E-state index in [1.165, 1.54) is 35.7 Å². The lowest BCUT2D eigenvalue weighted by molar-refractivity contribution is -0.150. The molecule has 26 heavy (non-hydrogen) atoms. The summed E-state index contributed by atoms with van der Waals surface area (Å²) in [6.07, 6.45) is 3.84. The second-order valence-electron chi connectivity index (χ2n) is 5.98. The van der Waals surface area contributed by atoms with Gasteiger partial charge in [-0.1, -0.05) is 12.8 Å². The van der Waals surface area contributed by atoms with Crippen molar-refractivity contribution in [3.63, 3.8) is 0 Å². The Balaban J connectivity index is 1.94. The fraction of sp³-hybridized carbons (Fsp3) is 0.529. The van der Waals surface area contributed by atoms with Crippen LogP contribution in [-0.2, 0) is 29.1 Å². The number of benzene rings is 1. The molecule has 0 spiro atoms. The summed E-state index contributed by atoms with van der Waals surface area (Å²) in [4.78, 5) is 23.1. The summed E-state index contributed by atoms with van der Waals surface area (Å²) in [7, 11) is -2.17. The van der Waals surface area contributed by atoms with Gasteiger partial charge in [0, 0.05) is 25.9 Å². The fourth-order valence-corrected chi connectivity index (χ4v) is 4.16. The van der Waals surface area contributed by atoms with Crippen molar-refractivity contribution >= 4 is 27.6 Å². The molecule has 1 aliphatic heterocycles. The van der Waals surface area contributed by atoms with Crippen molar-refractivity contribution in [2.45, 2.75) is 30.6 Å². The summed E-state index contributed by atoms with van der Waals surface area (Å²) in [5.41, 5.74) is 0.424. The lowest BCUT2D eigenvalue weighted by Gasteiger charge is -2.20. The Morgan fingerprint density at radius 1 is 1.04 bits per heavy atom. The monoisotopic (exact) mass is 384 g/mol. The predicted molar refractivity (Wildman–Crippen MR) is 95.1 cm³/mol. The van der Waals surface area contributed by atoms with Crippen molar-refractivity contribution in [2.24, 2.45) is 0 Å². The van der Waals surface area contributed by atoms with Crippen LogP contribution in [0.5, 0.6) is 0 Å². The van der Waals surface area contributed by atoms with Crippen molar-refractivity contribution < 1.29 is 27.5 Å². The van der Waals surface area contributed by atoms with Gasteiger partial charge < -0.3 is 14.8 Å². The number of carbonyl (C=O) groups is 2. The van der Waals surface area contributed by atoms with Gasteiger partial charge in [0.25, 0.3) is 5.91 Å². The highest BCUT2D eigenvalue weighted by Gasteiger charge is 2.24. The number of carbonyl (C=O) groups excluding carboxylic acids is 2. The quantitative estimate of drug-likeness (QED) is 0.713. The van der Waals surface area contributed by atoms with Gasteiger partial charge >= 0.3 is 5.97 Å². The van der Waals surface area contributed by atoms with Gasteiger partial charge in [-0.2, -0.15) is 4.31 Å². The predicted octanol–water partition coefficient (Wildman–Crippen LogP) is 1.38. The SMILES string of the molecule is COCC(=O)OCC(=O)Nc1ccc(S(=O)(=O)N2CCCCCC2)cc1. The van der Waals surface area contributed by atoms with E-state index >= 15 is 0 Å². The zero-order chi connectivity index (χ0) is 19.0. The van der Waals surface area contributed by atoms with E-state index < -0.39 is 28.5 Å². The molecule has 0 saturated carbocycles. The highest BCUT2D eigenvalue weighted by Crippen LogP contribution is 2.21. The number of rotatable bonds is 7. The van der Waals surface area contributed by atoms with E-state index in [4.69, 9.17) is 4.74 Å². The molecule has 1 aromatic rings. The standard InChI is InChI=1S/C17H24N2O6S/c1-24-13-17(21)25-12-16(20)18-14-6-8-15(9-7-14)26(22,23)19-10-4-2-3-5-11-19/h6-9H,2-5,10-13H2,1H3,(H,18,20). The number of nitrogens with zero attached hydrogens (tertiary/aromatic N) is 1. The summed E-state index contributed by atoms with van der Waals surface area (Å²) in [6.45, 7) is 0.410. The molecular formula is C17H24N2O6S. The Labute approximate surface area is 153 Å². The lowest BCUT2D eigenvalue weighted by Crippen LogP contribution is -2.31. The van der Waals surface area contributed by atoms with Crippen LogP contribution in [0.4, 0.5) is 5.69 Å². The molecule has 0 radical (unpaired) electrons. The van der Waals surface area contributed by atoms with E-state index in [2.05, 4.69) is 10.1 Å². The van der Waals surface area contributed by atoms with Crippen molar-refractivity contribution in [3.05, 3.63) is 24.3 Å². The summed E-state index contributed by atoms with van der Waals surface area (Å²) in [6, 6.07) is 5.96. The summed E-state index contributed by atoms with van der Waals surface area (Å²) in [5, 5.41) is 2.54. The third kappa shape index (κ3) is 5.79. The molecule has 1 aliphatic rings. The molecule has 0 atom stereocenters. The number of sulfonamides is 1. The van der Waals surface area contributed by atoms with E-state index in [9.17, 15) is 18.0 Å². The molecule has 1 fully saturated rings. The van der Waals surface area contributed by atoms with Crippen LogP contribution < -0.4 is 5.32 Å². The van der Waals surface area contributed by atoms with Gasteiger partial charge in [-0.05, 0) is 37.1 Å². The third-order valence-corrected chi connectivity index (χ3v) is 5.88. The summed E-state index contributed by atoms with van der Waals surface area (Å²) < 4.78 is 36.2.